The fraction of sp³-hybridized carbons (Fsp3) is 0.333. The van der Waals surface area contributed by atoms with Crippen molar-refractivity contribution in [3.05, 3.63) is 86.2 Å². The molecule has 2 rings (SSSR count). The number of likely N-dealkylation sites (tertiary alicyclic amines) is 1. The van der Waals surface area contributed by atoms with E-state index in [0.29, 0.717) is 36.5 Å². The number of allylic oxidation sites excluding steroid dienone is 7. The summed E-state index contributed by atoms with van der Waals surface area (Å²) >= 11 is 0. The van der Waals surface area contributed by atoms with Gasteiger partial charge in [-0.15, -0.1) is 0 Å². The van der Waals surface area contributed by atoms with Crippen LogP contribution < -0.4 is 5.32 Å². The summed E-state index contributed by atoms with van der Waals surface area (Å²) in [5, 5.41) is 3.03. The lowest BCUT2D eigenvalue weighted by molar-refractivity contribution is 0.0651. The number of carbonyl (C=O) groups is 1. The van der Waals surface area contributed by atoms with Crippen LogP contribution in [0.5, 0.6) is 0 Å². The van der Waals surface area contributed by atoms with Gasteiger partial charge < -0.3 is 19.7 Å². The van der Waals surface area contributed by atoms with Gasteiger partial charge in [-0.25, -0.2) is 9.79 Å². The maximum absolute atomic E-state index is 12.2. The van der Waals surface area contributed by atoms with Gasteiger partial charge >= 0.3 is 6.03 Å². The number of aliphatic imine (C=N–C) groups is 1. The van der Waals surface area contributed by atoms with Gasteiger partial charge in [0.2, 0.25) is 5.88 Å². The SMILES string of the molecule is C=C/C=N\C(=C/C=C)O/C(C=C)=C/C(=C\C=C)OC1CCN(C(=O)NC2CC2)CC1. The van der Waals surface area contributed by atoms with Crippen LogP contribution in [0.1, 0.15) is 25.7 Å². The van der Waals surface area contributed by atoms with E-state index in [1.807, 2.05) is 4.90 Å². The minimum absolute atomic E-state index is 0.00506. The van der Waals surface area contributed by atoms with Crippen molar-refractivity contribution in [2.45, 2.75) is 37.8 Å². The van der Waals surface area contributed by atoms with Gasteiger partial charge in [-0.05, 0) is 25.0 Å². The van der Waals surface area contributed by atoms with E-state index in [0.717, 1.165) is 25.7 Å². The number of rotatable bonds is 11. The largest absolute Gasteiger partial charge is 0.490 e. The molecule has 6 nitrogen and oxygen atoms in total. The van der Waals surface area contributed by atoms with Crippen molar-refractivity contribution in [1.29, 1.82) is 0 Å². The lowest BCUT2D eigenvalue weighted by atomic mass is 10.1. The maximum Gasteiger partial charge on any atom is 0.317 e. The normalized spacial score (nSPS) is 18.7. The summed E-state index contributed by atoms with van der Waals surface area (Å²) in [4.78, 5) is 18.2. The van der Waals surface area contributed by atoms with Gasteiger partial charge in [-0.2, -0.15) is 0 Å². The molecule has 1 N–H and O–H groups in total. The van der Waals surface area contributed by atoms with Crippen LogP contribution in [0.2, 0.25) is 0 Å². The van der Waals surface area contributed by atoms with Crippen molar-refractivity contribution in [1.82, 2.24) is 10.2 Å². The molecule has 0 unspecified atom stereocenters. The molecule has 0 aromatic carbocycles. The monoisotopic (exact) mass is 409 g/mol. The van der Waals surface area contributed by atoms with E-state index in [9.17, 15) is 4.79 Å². The standard InChI is InChI=1S/C24H31N3O3/c1-5-9-22(18-20(8-4)30-23(10-6-2)25-15-7-3)29-21-13-16-27(17-14-21)24(28)26-19-11-12-19/h5-10,15,18-19,21H,1-4,11-14,16-17H2,(H,26,28)/b20-18+,22-9+,23-10+,25-15-. The highest BCUT2D eigenvalue weighted by atomic mass is 16.5. The molecule has 1 saturated carbocycles. The Kier molecular flexibility index (Phi) is 9.45. The Morgan fingerprint density at radius 2 is 1.67 bits per heavy atom. The Morgan fingerprint density at radius 1 is 0.967 bits per heavy atom. The number of amides is 2. The van der Waals surface area contributed by atoms with E-state index in [1.165, 1.54) is 6.21 Å². The molecule has 1 aliphatic carbocycles. The van der Waals surface area contributed by atoms with Crippen molar-refractivity contribution >= 4 is 12.2 Å². The number of ether oxygens (including phenoxy) is 2. The lowest BCUT2D eigenvalue weighted by Gasteiger charge is -2.32. The van der Waals surface area contributed by atoms with Crippen LogP contribution in [0.3, 0.4) is 0 Å². The van der Waals surface area contributed by atoms with Gasteiger partial charge in [0.25, 0.3) is 0 Å². The molecular formula is C24H31N3O3. The van der Waals surface area contributed by atoms with Crippen LogP contribution in [0.15, 0.2) is 91.2 Å². The number of nitrogens with one attached hydrogen (secondary N) is 1. The highest BCUT2D eigenvalue weighted by molar-refractivity contribution is 5.75. The third-order valence-electron chi connectivity index (χ3n) is 4.49. The van der Waals surface area contributed by atoms with Crippen molar-refractivity contribution < 1.29 is 14.3 Å². The zero-order chi connectivity index (χ0) is 21.8. The summed E-state index contributed by atoms with van der Waals surface area (Å²) in [5.74, 6) is 1.43. The second-order valence-corrected chi connectivity index (χ2v) is 6.94. The molecule has 1 heterocycles. The zero-order valence-corrected chi connectivity index (χ0v) is 17.5. The second kappa shape index (κ2) is 12.3. The molecular weight excluding hydrogens is 378 g/mol. The lowest BCUT2D eigenvalue weighted by Crippen LogP contribution is -2.46. The van der Waals surface area contributed by atoms with Crippen LogP contribution in [0, 0.1) is 0 Å². The Labute approximate surface area is 179 Å². The zero-order valence-electron chi connectivity index (χ0n) is 17.5. The van der Waals surface area contributed by atoms with Crippen molar-refractivity contribution in [3.8, 4) is 0 Å². The van der Waals surface area contributed by atoms with Gasteiger partial charge in [-0.1, -0.05) is 44.5 Å². The quantitative estimate of drug-likeness (QED) is 0.303. The topological polar surface area (TPSA) is 63.2 Å². The van der Waals surface area contributed by atoms with E-state index < -0.39 is 0 Å². The van der Waals surface area contributed by atoms with E-state index in [1.54, 1.807) is 42.5 Å². The van der Waals surface area contributed by atoms with Gasteiger partial charge in [0.15, 0.2) is 0 Å². The molecule has 160 valence electrons. The van der Waals surface area contributed by atoms with Crippen molar-refractivity contribution in [3.63, 3.8) is 0 Å². The van der Waals surface area contributed by atoms with E-state index >= 15 is 0 Å². The fourth-order valence-corrected chi connectivity index (χ4v) is 2.82. The molecule has 1 aliphatic heterocycles. The Balaban J connectivity index is 1.97. The molecule has 2 fully saturated rings. The molecule has 0 spiro atoms. The predicted molar refractivity (Wildman–Crippen MR) is 122 cm³/mol. The highest BCUT2D eigenvalue weighted by Crippen LogP contribution is 2.22. The fourth-order valence-electron chi connectivity index (χ4n) is 2.82. The Bertz CT molecular complexity index is 765. The van der Waals surface area contributed by atoms with Gasteiger partial charge in [0.05, 0.1) is 0 Å². The van der Waals surface area contributed by atoms with Crippen LogP contribution in [0.4, 0.5) is 4.79 Å². The minimum Gasteiger partial charge on any atom is -0.490 e. The average molecular weight is 410 g/mol. The van der Waals surface area contributed by atoms with Crippen LogP contribution in [0.25, 0.3) is 0 Å². The maximum atomic E-state index is 12.2. The van der Waals surface area contributed by atoms with Gasteiger partial charge in [0.1, 0.15) is 17.6 Å². The highest BCUT2D eigenvalue weighted by Gasteiger charge is 2.28. The summed E-state index contributed by atoms with van der Waals surface area (Å²) in [6, 6.07) is 0.397. The van der Waals surface area contributed by atoms with E-state index in [4.69, 9.17) is 9.47 Å². The predicted octanol–water partition coefficient (Wildman–Crippen LogP) is 4.78. The second-order valence-electron chi connectivity index (χ2n) is 6.94. The molecule has 0 aromatic rings. The molecule has 0 atom stereocenters. The molecule has 0 radical (unpaired) electrons. The third-order valence-corrected chi connectivity index (χ3v) is 4.49. The molecule has 2 aliphatic rings. The third kappa shape index (κ3) is 7.99. The molecule has 6 heteroatoms. The van der Waals surface area contributed by atoms with Gasteiger partial charge in [-0.3, -0.25) is 0 Å². The summed E-state index contributed by atoms with van der Waals surface area (Å²) in [6.45, 7) is 16.2. The van der Waals surface area contributed by atoms with Crippen molar-refractivity contribution in [2.75, 3.05) is 13.1 Å². The first-order valence-corrected chi connectivity index (χ1v) is 10.1. The van der Waals surface area contributed by atoms with Gasteiger partial charge in [0, 0.05) is 50.3 Å². The number of nitrogens with zero attached hydrogens (tertiary/aromatic N) is 2. The molecule has 1 saturated heterocycles. The number of carbonyl (C=O) groups excluding carboxylic acids is 1. The van der Waals surface area contributed by atoms with Crippen LogP contribution in [-0.2, 0) is 9.47 Å². The smallest absolute Gasteiger partial charge is 0.317 e. The first-order chi connectivity index (χ1) is 14.6. The first-order valence-electron chi connectivity index (χ1n) is 10.1. The van der Waals surface area contributed by atoms with E-state index in [-0.39, 0.29) is 12.1 Å². The molecule has 30 heavy (non-hydrogen) atoms. The molecule has 2 amide bonds. The molecule has 0 bridgehead atoms. The summed E-state index contributed by atoms with van der Waals surface area (Å²) < 4.78 is 11.9. The Hall–Kier alpha value is -3.28. The van der Waals surface area contributed by atoms with Crippen LogP contribution in [-0.4, -0.2) is 42.4 Å². The Morgan fingerprint density at radius 3 is 2.23 bits per heavy atom. The number of piperidine rings is 1. The summed E-state index contributed by atoms with van der Waals surface area (Å²) in [7, 11) is 0. The van der Waals surface area contributed by atoms with E-state index in [2.05, 4.69) is 36.6 Å². The van der Waals surface area contributed by atoms with Crippen LogP contribution >= 0.6 is 0 Å². The first kappa shape index (κ1) is 23.0. The average Bonchev–Trinajstić information content (AvgIpc) is 3.56. The minimum atomic E-state index is 0.00506. The summed E-state index contributed by atoms with van der Waals surface area (Å²) in [6.07, 6.45) is 16.7. The number of hydrogen-bond donors (Lipinski definition) is 1. The summed E-state index contributed by atoms with van der Waals surface area (Å²) in [5.41, 5.74) is 0. The number of hydrogen-bond acceptors (Lipinski definition) is 4. The number of urea groups is 1. The van der Waals surface area contributed by atoms with Crippen molar-refractivity contribution in [2.24, 2.45) is 4.99 Å². The molecule has 0 aromatic heterocycles.